The summed E-state index contributed by atoms with van der Waals surface area (Å²) in [6, 6.07) is 12.3. The molecule has 1 aromatic carbocycles. The van der Waals surface area contributed by atoms with Crippen molar-refractivity contribution in [1.82, 2.24) is 5.16 Å². The number of thiophene rings is 1. The number of carbonyl (C=O) groups is 2. The van der Waals surface area contributed by atoms with Crippen molar-refractivity contribution < 1.29 is 45.4 Å². The van der Waals surface area contributed by atoms with Gasteiger partial charge in [0, 0.05) is 30.4 Å². The Hall–Kier alpha value is -2.53. The van der Waals surface area contributed by atoms with Crippen LogP contribution >= 0.6 is 11.3 Å². The number of esters is 1. The van der Waals surface area contributed by atoms with Crippen LogP contribution in [0.2, 0.25) is 0 Å². The summed E-state index contributed by atoms with van der Waals surface area (Å²) in [6.45, 7) is 4.32. The molecule has 2 N–H and O–H groups in total. The highest BCUT2D eigenvalue weighted by molar-refractivity contribution is 7.08. The van der Waals surface area contributed by atoms with E-state index in [0.29, 0.717) is 33.7 Å². The van der Waals surface area contributed by atoms with Crippen molar-refractivity contribution >= 4 is 29.0 Å². The number of ether oxygens (including phenoxy) is 1. The number of nitrogens with zero attached hydrogens (tertiary/aromatic N) is 2. The molecule has 8 nitrogen and oxygen atoms in total. The summed E-state index contributed by atoms with van der Waals surface area (Å²) in [4.78, 5) is 26.3. The first-order valence-electron chi connectivity index (χ1n) is 11.5. The van der Waals surface area contributed by atoms with Gasteiger partial charge in [-0.15, -0.1) is 0 Å². The molecule has 0 saturated carbocycles. The van der Waals surface area contributed by atoms with Gasteiger partial charge in [-0.1, -0.05) is 35.5 Å². The number of hydrogen-bond donors (Lipinski definition) is 2. The van der Waals surface area contributed by atoms with Crippen LogP contribution < -0.4 is 22.3 Å². The maximum atomic E-state index is 13.5. The number of fused-ring (bicyclic) bond motifs is 3. The number of hydrogen-bond acceptors (Lipinski definition) is 7. The Morgan fingerprint density at radius 3 is 2.60 bits per heavy atom. The van der Waals surface area contributed by atoms with Crippen molar-refractivity contribution in [3.63, 3.8) is 0 Å². The number of aryl methyl sites for hydroxylation is 1. The number of quaternary nitrogens is 1. The van der Waals surface area contributed by atoms with E-state index in [9.17, 15) is 14.7 Å². The van der Waals surface area contributed by atoms with Gasteiger partial charge in [0.15, 0.2) is 18.5 Å². The van der Waals surface area contributed by atoms with Crippen LogP contribution in [-0.2, 0) is 19.9 Å². The molecule has 186 valence electrons. The molecule has 3 fully saturated rings. The zero-order chi connectivity index (χ0) is 23.8. The van der Waals surface area contributed by atoms with Crippen LogP contribution in [0.1, 0.15) is 29.7 Å². The van der Waals surface area contributed by atoms with Crippen molar-refractivity contribution in [2.45, 2.75) is 31.5 Å². The average molecular weight is 562 g/mol. The van der Waals surface area contributed by atoms with Crippen molar-refractivity contribution in [2.75, 3.05) is 31.5 Å². The first kappa shape index (κ1) is 25.6. The summed E-state index contributed by atoms with van der Waals surface area (Å²) in [6.07, 6.45) is 1.39. The molecule has 2 aromatic heterocycles. The largest absolute Gasteiger partial charge is 1.00 e. The van der Waals surface area contributed by atoms with Gasteiger partial charge in [-0.25, -0.2) is 4.79 Å². The molecule has 1 amide bonds. The van der Waals surface area contributed by atoms with Crippen molar-refractivity contribution in [1.29, 1.82) is 0 Å². The van der Waals surface area contributed by atoms with Gasteiger partial charge in [0.25, 0.3) is 5.91 Å². The van der Waals surface area contributed by atoms with Crippen LogP contribution in [0, 0.1) is 12.8 Å². The van der Waals surface area contributed by atoms with Crippen molar-refractivity contribution in [3.8, 4) is 0 Å². The van der Waals surface area contributed by atoms with E-state index in [2.05, 4.69) is 10.5 Å². The smallest absolute Gasteiger partial charge is 0.348 e. The lowest BCUT2D eigenvalue weighted by molar-refractivity contribution is -0.939. The molecule has 10 heteroatoms. The molecule has 3 aliphatic heterocycles. The Kier molecular flexibility index (Phi) is 7.46. The molecule has 3 saturated heterocycles. The normalized spacial score (nSPS) is 24.7. The van der Waals surface area contributed by atoms with Crippen LogP contribution in [0.15, 0.2) is 57.7 Å². The lowest BCUT2D eigenvalue weighted by Gasteiger charge is -2.51. The molecule has 6 rings (SSSR count). The molecular weight excluding hydrogens is 534 g/mol. The standard InChI is InChI=1S/C25H27N3O5S.BrH/c1-17-13-22(27-33-17)26-23(29)15-28-10-7-18(8-11-28)21(14-28)32-24(30)25(31,20-9-12-34-16-20)19-5-3-2-4-6-19;/h2-6,9,12-13,16,18,21,31H,7-8,10-11,14-15H2,1H3;1H/t18?,21?,25-,28?;/m1./s1. The fourth-order valence-electron chi connectivity index (χ4n) is 5.26. The van der Waals surface area contributed by atoms with Crippen LogP contribution in [0.5, 0.6) is 0 Å². The van der Waals surface area contributed by atoms with E-state index < -0.39 is 11.6 Å². The zero-order valence-corrected chi connectivity index (χ0v) is 21.8. The summed E-state index contributed by atoms with van der Waals surface area (Å²) in [5.74, 6) is 0.450. The fourth-order valence-corrected chi connectivity index (χ4v) is 5.96. The van der Waals surface area contributed by atoms with E-state index in [0.717, 1.165) is 25.9 Å². The lowest BCUT2D eigenvalue weighted by Crippen LogP contribution is -3.00. The SMILES string of the molecule is Cc1cc(NC(=O)C[N+]23CCC(CC2)C(OC(=O)[C@@](O)(c2ccccc2)c2ccsc2)C3)no1.[Br-]. The fraction of sp³-hybridized carbons (Fsp3) is 0.400. The van der Waals surface area contributed by atoms with E-state index in [1.807, 2.05) is 11.4 Å². The van der Waals surface area contributed by atoms with Crippen molar-refractivity contribution in [2.24, 2.45) is 5.92 Å². The Morgan fingerprint density at radius 1 is 1.23 bits per heavy atom. The number of nitrogens with one attached hydrogen (secondary N) is 1. The van der Waals surface area contributed by atoms with E-state index in [1.165, 1.54) is 11.3 Å². The molecular formula is C25H28BrN3O5S. The van der Waals surface area contributed by atoms with Crippen molar-refractivity contribution in [3.05, 3.63) is 70.1 Å². The molecule has 2 bridgehead atoms. The maximum Gasteiger partial charge on any atom is 0.348 e. The first-order valence-corrected chi connectivity index (χ1v) is 12.4. The lowest BCUT2D eigenvalue weighted by atomic mass is 9.82. The minimum Gasteiger partial charge on any atom is -1.00 e. The number of rotatable bonds is 7. The average Bonchev–Trinajstić information content (AvgIpc) is 3.52. The van der Waals surface area contributed by atoms with Gasteiger partial charge in [-0.3, -0.25) is 4.79 Å². The summed E-state index contributed by atoms with van der Waals surface area (Å²) in [7, 11) is 0. The third-order valence-electron chi connectivity index (χ3n) is 7.10. The van der Waals surface area contributed by atoms with E-state index >= 15 is 0 Å². The third kappa shape index (κ3) is 5.06. The quantitative estimate of drug-likeness (QED) is 0.313. The number of halogens is 1. The predicted octanol–water partition coefficient (Wildman–Crippen LogP) is 0.0753. The predicted molar refractivity (Wildman–Crippen MR) is 126 cm³/mol. The highest BCUT2D eigenvalue weighted by Gasteiger charge is 2.51. The summed E-state index contributed by atoms with van der Waals surface area (Å²) in [5, 5.41) is 21.9. The topological polar surface area (TPSA) is 102 Å². The highest BCUT2D eigenvalue weighted by Crippen LogP contribution is 2.38. The van der Waals surface area contributed by atoms with Gasteiger partial charge in [0.1, 0.15) is 12.3 Å². The number of anilines is 1. The van der Waals surface area contributed by atoms with E-state index in [-0.39, 0.29) is 41.5 Å². The molecule has 0 radical (unpaired) electrons. The van der Waals surface area contributed by atoms with Crippen LogP contribution in [0.4, 0.5) is 5.82 Å². The third-order valence-corrected chi connectivity index (χ3v) is 7.78. The van der Waals surface area contributed by atoms with E-state index in [4.69, 9.17) is 9.26 Å². The minimum absolute atomic E-state index is 0. The summed E-state index contributed by atoms with van der Waals surface area (Å²) < 4.78 is 11.6. The number of aromatic nitrogens is 1. The van der Waals surface area contributed by atoms with Gasteiger partial charge in [0.2, 0.25) is 5.60 Å². The van der Waals surface area contributed by atoms with Crippen LogP contribution in [0.25, 0.3) is 0 Å². The second-order valence-corrected chi connectivity index (χ2v) is 10.2. The number of amides is 1. The molecule has 0 aliphatic carbocycles. The maximum absolute atomic E-state index is 13.5. The molecule has 0 spiro atoms. The summed E-state index contributed by atoms with van der Waals surface area (Å²) >= 11 is 1.42. The Morgan fingerprint density at radius 2 is 1.97 bits per heavy atom. The summed E-state index contributed by atoms with van der Waals surface area (Å²) in [5.41, 5.74) is -0.896. The Balaban J connectivity index is 0.00000289. The number of benzene rings is 1. The zero-order valence-electron chi connectivity index (χ0n) is 19.4. The monoisotopic (exact) mass is 561 g/mol. The molecule has 2 atom stereocenters. The molecule has 3 aromatic rings. The van der Waals surface area contributed by atoms with Crippen LogP contribution in [-0.4, -0.2) is 58.9 Å². The number of piperidine rings is 3. The first-order chi connectivity index (χ1) is 16.4. The Bertz CT molecular complexity index is 1160. The van der Waals surface area contributed by atoms with Gasteiger partial charge in [-0.05, 0) is 29.3 Å². The second-order valence-electron chi connectivity index (χ2n) is 9.37. The van der Waals surface area contributed by atoms with Gasteiger partial charge in [0.05, 0.1) is 13.1 Å². The van der Waals surface area contributed by atoms with Gasteiger partial charge < -0.3 is 41.1 Å². The van der Waals surface area contributed by atoms with E-state index in [1.54, 1.807) is 48.7 Å². The molecule has 35 heavy (non-hydrogen) atoms. The second kappa shape index (κ2) is 10.2. The number of carbonyl (C=O) groups excluding carboxylic acids is 2. The molecule has 1 unspecified atom stereocenters. The highest BCUT2D eigenvalue weighted by atomic mass is 79.9. The number of aliphatic hydroxyl groups is 1. The van der Waals surface area contributed by atoms with Crippen LogP contribution in [0.3, 0.4) is 0 Å². The van der Waals surface area contributed by atoms with Gasteiger partial charge in [-0.2, -0.15) is 11.3 Å². The molecule has 3 aliphatic rings. The Labute approximate surface area is 218 Å². The van der Waals surface area contributed by atoms with Gasteiger partial charge >= 0.3 is 5.97 Å². The minimum atomic E-state index is -1.87. The molecule has 5 heterocycles.